The molecule has 1 heterocycles. The summed E-state index contributed by atoms with van der Waals surface area (Å²) in [7, 11) is 0. The topological polar surface area (TPSA) is 12.5 Å². The van der Waals surface area contributed by atoms with E-state index in [-0.39, 0.29) is 11.7 Å². The highest BCUT2D eigenvalue weighted by Gasteiger charge is 2.31. The highest BCUT2D eigenvalue weighted by molar-refractivity contribution is 9.08. The van der Waals surface area contributed by atoms with Gasteiger partial charge in [-0.1, -0.05) is 28.1 Å². The third-order valence-electron chi connectivity index (χ3n) is 3.03. The van der Waals surface area contributed by atoms with Gasteiger partial charge in [-0.25, -0.2) is 0 Å². The van der Waals surface area contributed by atoms with Gasteiger partial charge in [-0.3, -0.25) is 0 Å². The first kappa shape index (κ1) is 12.9. The van der Waals surface area contributed by atoms with Gasteiger partial charge in [0.1, 0.15) is 0 Å². The zero-order valence-electron chi connectivity index (χ0n) is 10.7. The summed E-state index contributed by atoms with van der Waals surface area (Å²) in [6.07, 6.45) is 0.287. The Morgan fingerprint density at radius 2 is 2.00 bits per heavy atom. The summed E-state index contributed by atoms with van der Waals surface area (Å²) in [4.78, 5) is 2.41. The van der Waals surface area contributed by atoms with Gasteiger partial charge in [0.05, 0.1) is 11.7 Å². The number of hydrogen-bond acceptors (Lipinski definition) is 2. The third kappa shape index (κ3) is 3.23. The van der Waals surface area contributed by atoms with E-state index in [1.54, 1.807) is 0 Å². The molecule has 0 aliphatic carbocycles. The van der Waals surface area contributed by atoms with E-state index < -0.39 is 0 Å². The molecule has 0 radical (unpaired) electrons. The lowest BCUT2D eigenvalue weighted by Gasteiger charge is -2.43. The van der Waals surface area contributed by atoms with Gasteiger partial charge in [-0.2, -0.15) is 0 Å². The lowest BCUT2D eigenvalue weighted by molar-refractivity contribution is -0.0749. The second-order valence-corrected chi connectivity index (χ2v) is 5.93. The molecule has 3 heteroatoms. The van der Waals surface area contributed by atoms with Crippen LogP contribution in [0.3, 0.4) is 0 Å². The minimum absolute atomic E-state index is 0.0637. The van der Waals surface area contributed by atoms with E-state index in [0.717, 1.165) is 18.4 Å². The van der Waals surface area contributed by atoms with Crippen molar-refractivity contribution < 1.29 is 4.74 Å². The number of hydrogen-bond donors (Lipinski definition) is 0. The van der Waals surface area contributed by atoms with Crippen molar-refractivity contribution in [2.75, 3.05) is 18.0 Å². The van der Waals surface area contributed by atoms with Crippen LogP contribution in [0.4, 0.5) is 5.69 Å². The molecular weight excluding hydrogens is 278 g/mol. The van der Waals surface area contributed by atoms with Crippen LogP contribution in [-0.4, -0.2) is 24.8 Å². The summed E-state index contributed by atoms with van der Waals surface area (Å²) in [6, 6.07) is 8.75. The fourth-order valence-electron chi connectivity index (χ4n) is 2.45. The predicted octanol–water partition coefficient (Wildman–Crippen LogP) is 3.59. The van der Waals surface area contributed by atoms with Crippen molar-refractivity contribution in [1.82, 2.24) is 0 Å². The summed E-state index contributed by atoms with van der Waals surface area (Å²) < 4.78 is 5.92. The Morgan fingerprint density at radius 1 is 1.35 bits per heavy atom. The summed E-state index contributed by atoms with van der Waals surface area (Å²) in [6.45, 7) is 8.37. The number of anilines is 1. The summed E-state index contributed by atoms with van der Waals surface area (Å²) >= 11 is 3.47. The second kappa shape index (κ2) is 4.99. The number of nitrogens with zero attached hydrogens (tertiary/aromatic N) is 1. The minimum Gasteiger partial charge on any atom is -0.369 e. The lowest BCUT2D eigenvalue weighted by atomic mass is 10.0. The minimum atomic E-state index is -0.0637. The average molecular weight is 298 g/mol. The monoisotopic (exact) mass is 297 g/mol. The van der Waals surface area contributed by atoms with Crippen molar-refractivity contribution in [1.29, 1.82) is 0 Å². The van der Waals surface area contributed by atoms with Gasteiger partial charge < -0.3 is 9.64 Å². The summed E-state index contributed by atoms with van der Waals surface area (Å²) in [5, 5.41) is 0.915. The molecule has 0 saturated carbocycles. The van der Waals surface area contributed by atoms with E-state index in [1.165, 1.54) is 11.3 Å². The molecule has 1 aliphatic heterocycles. The maximum Gasteiger partial charge on any atom is 0.0805 e. The zero-order chi connectivity index (χ0) is 12.5. The highest BCUT2D eigenvalue weighted by atomic mass is 79.9. The Hall–Kier alpha value is -0.540. The van der Waals surface area contributed by atoms with Gasteiger partial charge in [-0.05, 0) is 38.5 Å². The number of alkyl halides is 1. The SMILES string of the molecule is CC1CN(c2ccc(CBr)cc2)CC(C)(C)O1. The van der Waals surface area contributed by atoms with Gasteiger partial charge in [0.2, 0.25) is 0 Å². The first-order valence-corrected chi connectivity index (χ1v) is 7.20. The molecule has 1 aromatic carbocycles. The fourth-order valence-corrected chi connectivity index (χ4v) is 2.82. The molecule has 2 nitrogen and oxygen atoms in total. The molecule has 1 aromatic rings. The first-order chi connectivity index (χ1) is 8.00. The molecule has 1 fully saturated rings. The maximum absolute atomic E-state index is 5.92. The Bertz CT molecular complexity index is 374. The van der Waals surface area contributed by atoms with Crippen molar-refractivity contribution in [3.63, 3.8) is 0 Å². The van der Waals surface area contributed by atoms with Gasteiger partial charge in [0.15, 0.2) is 0 Å². The van der Waals surface area contributed by atoms with E-state index in [1.807, 2.05) is 0 Å². The standard InChI is InChI=1S/C14H20BrNO/c1-11-9-16(10-14(2,3)17-11)13-6-4-12(8-15)5-7-13/h4-7,11H,8-10H2,1-3H3. The van der Waals surface area contributed by atoms with Crippen LogP contribution < -0.4 is 4.90 Å². The van der Waals surface area contributed by atoms with Crippen molar-refractivity contribution in [3.8, 4) is 0 Å². The molecule has 1 saturated heterocycles. The van der Waals surface area contributed by atoms with Crippen LogP contribution >= 0.6 is 15.9 Å². The number of benzene rings is 1. The van der Waals surface area contributed by atoms with Crippen LogP contribution in [-0.2, 0) is 10.1 Å². The lowest BCUT2D eigenvalue weighted by Crippen LogP contribution is -2.52. The smallest absolute Gasteiger partial charge is 0.0805 e. The van der Waals surface area contributed by atoms with Crippen LogP contribution in [0.2, 0.25) is 0 Å². The van der Waals surface area contributed by atoms with E-state index in [9.17, 15) is 0 Å². The number of morpholine rings is 1. The van der Waals surface area contributed by atoms with E-state index in [4.69, 9.17) is 4.74 Å². The summed E-state index contributed by atoms with van der Waals surface area (Å²) in [5.74, 6) is 0. The van der Waals surface area contributed by atoms with Crippen LogP contribution in [0.1, 0.15) is 26.3 Å². The normalized spacial score (nSPS) is 23.8. The Kier molecular flexibility index (Phi) is 3.79. The van der Waals surface area contributed by atoms with Crippen LogP contribution in [0.5, 0.6) is 0 Å². The van der Waals surface area contributed by atoms with E-state index in [2.05, 4.69) is 65.9 Å². The van der Waals surface area contributed by atoms with Crippen LogP contribution in [0, 0.1) is 0 Å². The van der Waals surface area contributed by atoms with Crippen molar-refractivity contribution >= 4 is 21.6 Å². The highest BCUT2D eigenvalue weighted by Crippen LogP contribution is 2.26. The molecule has 0 bridgehead atoms. The van der Waals surface area contributed by atoms with Crippen molar-refractivity contribution in [2.45, 2.75) is 37.8 Å². The number of ether oxygens (including phenoxy) is 1. The van der Waals surface area contributed by atoms with E-state index >= 15 is 0 Å². The van der Waals surface area contributed by atoms with Gasteiger partial charge in [0, 0.05) is 24.1 Å². The number of rotatable bonds is 2. The molecule has 0 amide bonds. The van der Waals surface area contributed by atoms with Crippen LogP contribution in [0.25, 0.3) is 0 Å². The Morgan fingerprint density at radius 3 is 2.53 bits per heavy atom. The van der Waals surface area contributed by atoms with E-state index in [0.29, 0.717) is 0 Å². The Balaban J connectivity index is 2.15. The largest absolute Gasteiger partial charge is 0.369 e. The summed E-state index contributed by atoms with van der Waals surface area (Å²) in [5.41, 5.74) is 2.54. The fraction of sp³-hybridized carbons (Fsp3) is 0.571. The second-order valence-electron chi connectivity index (χ2n) is 5.37. The molecular formula is C14H20BrNO. The van der Waals surface area contributed by atoms with Gasteiger partial charge in [-0.15, -0.1) is 0 Å². The molecule has 0 spiro atoms. The average Bonchev–Trinajstić information content (AvgIpc) is 2.26. The quantitative estimate of drug-likeness (QED) is 0.774. The predicted molar refractivity (Wildman–Crippen MR) is 75.9 cm³/mol. The first-order valence-electron chi connectivity index (χ1n) is 6.08. The molecule has 1 atom stereocenters. The van der Waals surface area contributed by atoms with Crippen molar-refractivity contribution in [3.05, 3.63) is 29.8 Å². The van der Waals surface area contributed by atoms with Gasteiger partial charge >= 0.3 is 0 Å². The zero-order valence-corrected chi connectivity index (χ0v) is 12.3. The number of halogens is 1. The van der Waals surface area contributed by atoms with Gasteiger partial charge in [0.25, 0.3) is 0 Å². The molecule has 0 N–H and O–H groups in total. The molecule has 17 heavy (non-hydrogen) atoms. The molecule has 1 unspecified atom stereocenters. The Labute approximate surface area is 112 Å². The van der Waals surface area contributed by atoms with Crippen molar-refractivity contribution in [2.24, 2.45) is 0 Å². The molecule has 94 valence electrons. The third-order valence-corrected chi connectivity index (χ3v) is 3.67. The maximum atomic E-state index is 5.92. The molecule has 1 aliphatic rings. The molecule has 0 aromatic heterocycles. The van der Waals surface area contributed by atoms with Crippen LogP contribution in [0.15, 0.2) is 24.3 Å². The molecule has 2 rings (SSSR count).